The molecule has 0 spiro atoms. The van der Waals surface area contributed by atoms with Gasteiger partial charge >= 0.3 is 0 Å². The van der Waals surface area contributed by atoms with Crippen molar-refractivity contribution >= 4 is 0 Å². The van der Waals surface area contributed by atoms with E-state index >= 15 is 0 Å². The Morgan fingerprint density at radius 1 is 1.43 bits per heavy atom. The monoisotopic (exact) mass is 287 g/mol. The van der Waals surface area contributed by atoms with E-state index in [1.165, 1.54) is 24.9 Å². The van der Waals surface area contributed by atoms with Crippen LogP contribution < -0.4 is 5.32 Å². The van der Waals surface area contributed by atoms with Gasteiger partial charge in [0.15, 0.2) is 0 Å². The third kappa shape index (κ3) is 3.46. The van der Waals surface area contributed by atoms with Crippen molar-refractivity contribution in [2.75, 3.05) is 19.6 Å². The summed E-state index contributed by atoms with van der Waals surface area (Å²) in [5.74, 6) is 1.60. The molecule has 1 aromatic rings. The highest BCUT2D eigenvalue weighted by molar-refractivity contribution is 5.10. The number of hydrogen-bond donors (Lipinski definition) is 1. The van der Waals surface area contributed by atoms with Gasteiger partial charge in [-0.15, -0.1) is 0 Å². The lowest BCUT2D eigenvalue weighted by atomic mass is 9.88. The first-order valence-corrected chi connectivity index (χ1v) is 8.46. The van der Waals surface area contributed by atoms with Gasteiger partial charge in [-0.3, -0.25) is 9.88 Å². The number of aromatic nitrogens is 1. The van der Waals surface area contributed by atoms with Crippen LogP contribution in [0.5, 0.6) is 0 Å². The Morgan fingerprint density at radius 2 is 2.24 bits per heavy atom. The minimum Gasteiger partial charge on any atom is -0.308 e. The van der Waals surface area contributed by atoms with Crippen LogP contribution in [0.15, 0.2) is 24.5 Å². The van der Waals surface area contributed by atoms with Gasteiger partial charge < -0.3 is 5.32 Å². The Labute approximate surface area is 129 Å². The van der Waals surface area contributed by atoms with Gasteiger partial charge in [0.05, 0.1) is 0 Å². The first kappa shape index (κ1) is 15.0. The number of piperazine rings is 1. The average Bonchev–Trinajstić information content (AvgIpc) is 3.31. The molecule has 0 bridgehead atoms. The van der Waals surface area contributed by atoms with Crippen LogP contribution in [0.4, 0.5) is 0 Å². The molecule has 2 fully saturated rings. The maximum absolute atomic E-state index is 4.24. The van der Waals surface area contributed by atoms with Crippen molar-refractivity contribution in [3.63, 3.8) is 0 Å². The van der Waals surface area contributed by atoms with E-state index in [4.69, 9.17) is 0 Å². The lowest BCUT2D eigenvalue weighted by Gasteiger charge is -2.48. The highest BCUT2D eigenvalue weighted by Gasteiger charge is 2.46. The van der Waals surface area contributed by atoms with E-state index in [-0.39, 0.29) is 0 Å². The molecule has 1 aromatic heterocycles. The topological polar surface area (TPSA) is 28.2 Å². The number of nitrogens with zero attached hydrogens (tertiary/aromatic N) is 2. The molecule has 1 saturated carbocycles. The summed E-state index contributed by atoms with van der Waals surface area (Å²) in [6.07, 6.45) is 7.79. The number of pyridine rings is 1. The molecule has 1 saturated heterocycles. The highest BCUT2D eigenvalue weighted by atomic mass is 15.3. The molecule has 3 rings (SSSR count). The SMILES string of the molecule is CC(C)C1CNC(C)(C2CC2)CN1CCc1cccnc1. The zero-order valence-electron chi connectivity index (χ0n) is 13.7. The third-order valence-electron chi connectivity index (χ3n) is 5.37. The summed E-state index contributed by atoms with van der Waals surface area (Å²) in [7, 11) is 0. The van der Waals surface area contributed by atoms with Crippen LogP contribution in [0.1, 0.15) is 39.2 Å². The summed E-state index contributed by atoms with van der Waals surface area (Å²) in [5.41, 5.74) is 1.69. The van der Waals surface area contributed by atoms with Gasteiger partial charge in [-0.1, -0.05) is 19.9 Å². The van der Waals surface area contributed by atoms with Crippen molar-refractivity contribution < 1.29 is 0 Å². The maximum Gasteiger partial charge on any atom is 0.0309 e. The molecule has 116 valence electrons. The molecule has 0 radical (unpaired) electrons. The zero-order valence-corrected chi connectivity index (χ0v) is 13.7. The molecule has 2 unspecified atom stereocenters. The van der Waals surface area contributed by atoms with E-state index < -0.39 is 0 Å². The van der Waals surface area contributed by atoms with Crippen LogP contribution in [0, 0.1) is 11.8 Å². The van der Waals surface area contributed by atoms with Crippen LogP contribution >= 0.6 is 0 Å². The fourth-order valence-electron chi connectivity index (χ4n) is 3.78. The van der Waals surface area contributed by atoms with Crippen molar-refractivity contribution in [1.29, 1.82) is 0 Å². The summed E-state index contributed by atoms with van der Waals surface area (Å²) < 4.78 is 0. The van der Waals surface area contributed by atoms with Gasteiger partial charge in [-0.05, 0) is 49.7 Å². The predicted octanol–water partition coefficient (Wildman–Crippen LogP) is 2.72. The van der Waals surface area contributed by atoms with Crippen LogP contribution in [0.25, 0.3) is 0 Å². The molecule has 0 aromatic carbocycles. The van der Waals surface area contributed by atoms with Crippen LogP contribution in [0.3, 0.4) is 0 Å². The molecule has 3 heteroatoms. The Balaban J connectivity index is 1.65. The van der Waals surface area contributed by atoms with E-state index in [9.17, 15) is 0 Å². The summed E-state index contributed by atoms with van der Waals surface area (Å²) in [6, 6.07) is 4.90. The molecule has 1 N–H and O–H groups in total. The molecule has 2 heterocycles. The smallest absolute Gasteiger partial charge is 0.0309 e. The van der Waals surface area contributed by atoms with E-state index in [0.717, 1.165) is 25.4 Å². The Bertz CT molecular complexity index is 455. The second kappa shape index (κ2) is 6.05. The minimum atomic E-state index is 0.334. The van der Waals surface area contributed by atoms with E-state index in [1.807, 2.05) is 18.5 Å². The van der Waals surface area contributed by atoms with Crippen LogP contribution in [-0.2, 0) is 6.42 Å². The largest absolute Gasteiger partial charge is 0.308 e. The van der Waals surface area contributed by atoms with Crippen molar-refractivity contribution in [1.82, 2.24) is 15.2 Å². The van der Waals surface area contributed by atoms with E-state index in [2.05, 4.69) is 42.0 Å². The Kier molecular flexibility index (Phi) is 4.32. The van der Waals surface area contributed by atoms with Crippen molar-refractivity contribution in [3.05, 3.63) is 30.1 Å². The summed E-state index contributed by atoms with van der Waals surface area (Å²) in [6.45, 7) is 10.6. The maximum atomic E-state index is 4.24. The molecule has 0 amide bonds. The second-order valence-electron chi connectivity index (χ2n) is 7.47. The third-order valence-corrected chi connectivity index (χ3v) is 5.37. The first-order chi connectivity index (χ1) is 10.1. The normalized spacial score (nSPS) is 30.8. The zero-order chi connectivity index (χ0) is 14.9. The molecule has 2 aliphatic rings. The molecule has 1 aliphatic heterocycles. The summed E-state index contributed by atoms with van der Waals surface area (Å²) >= 11 is 0. The van der Waals surface area contributed by atoms with E-state index in [0.29, 0.717) is 17.5 Å². The van der Waals surface area contributed by atoms with Crippen molar-refractivity contribution in [2.24, 2.45) is 11.8 Å². The molecule has 1 aliphatic carbocycles. The lowest BCUT2D eigenvalue weighted by Crippen LogP contribution is -2.65. The average molecular weight is 287 g/mol. The molecular formula is C18H29N3. The molecule has 2 atom stereocenters. The Morgan fingerprint density at radius 3 is 2.86 bits per heavy atom. The van der Waals surface area contributed by atoms with E-state index in [1.54, 1.807) is 0 Å². The fraction of sp³-hybridized carbons (Fsp3) is 0.722. The predicted molar refractivity (Wildman–Crippen MR) is 87.3 cm³/mol. The van der Waals surface area contributed by atoms with Gasteiger partial charge in [-0.25, -0.2) is 0 Å². The lowest BCUT2D eigenvalue weighted by molar-refractivity contribution is 0.0534. The van der Waals surface area contributed by atoms with Crippen molar-refractivity contribution in [2.45, 2.75) is 51.6 Å². The number of hydrogen-bond acceptors (Lipinski definition) is 3. The summed E-state index contributed by atoms with van der Waals surface area (Å²) in [4.78, 5) is 6.97. The number of rotatable bonds is 5. The fourth-order valence-corrected chi connectivity index (χ4v) is 3.78. The van der Waals surface area contributed by atoms with Gasteiger partial charge in [0.1, 0.15) is 0 Å². The first-order valence-electron chi connectivity index (χ1n) is 8.46. The van der Waals surface area contributed by atoms with Gasteiger partial charge in [0, 0.05) is 43.6 Å². The van der Waals surface area contributed by atoms with Gasteiger partial charge in [0.25, 0.3) is 0 Å². The van der Waals surface area contributed by atoms with Gasteiger partial charge in [0.2, 0.25) is 0 Å². The van der Waals surface area contributed by atoms with Crippen LogP contribution in [0.2, 0.25) is 0 Å². The molecule has 21 heavy (non-hydrogen) atoms. The van der Waals surface area contributed by atoms with Gasteiger partial charge in [-0.2, -0.15) is 0 Å². The standard InChI is InChI=1S/C18H29N3/c1-14(2)17-12-20-18(3,16-6-7-16)13-21(17)10-8-15-5-4-9-19-11-15/h4-5,9,11,14,16-17,20H,6-8,10,12-13H2,1-3H3. The van der Waals surface area contributed by atoms with Crippen molar-refractivity contribution in [3.8, 4) is 0 Å². The molecule has 3 nitrogen and oxygen atoms in total. The van der Waals surface area contributed by atoms with Crippen LogP contribution in [-0.4, -0.2) is 41.1 Å². The second-order valence-corrected chi connectivity index (χ2v) is 7.47. The summed E-state index contributed by atoms with van der Waals surface area (Å²) in [5, 5.41) is 3.86. The minimum absolute atomic E-state index is 0.334. The highest BCUT2D eigenvalue weighted by Crippen LogP contribution is 2.41. The number of nitrogens with one attached hydrogen (secondary N) is 1. The quantitative estimate of drug-likeness (QED) is 0.902. The Hall–Kier alpha value is -0.930. The molecular weight excluding hydrogens is 258 g/mol.